The number of nitrogens with zero attached hydrogens (tertiary/aromatic N) is 1. The minimum atomic E-state index is -3.64. The fraction of sp³-hybridized carbons (Fsp3) is 0.136. The third-order valence-corrected chi connectivity index (χ3v) is 7.15. The molecule has 1 amide bonds. The highest BCUT2D eigenvalue weighted by Crippen LogP contribution is 2.43. The monoisotopic (exact) mass is 442 g/mol. The van der Waals surface area contributed by atoms with E-state index in [2.05, 4.69) is 5.32 Å². The molecule has 0 saturated carbocycles. The first-order valence-electron chi connectivity index (χ1n) is 9.28. The molecule has 6 nitrogen and oxygen atoms in total. The molecule has 3 aromatic carbocycles. The maximum absolute atomic E-state index is 13.0. The van der Waals surface area contributed by atoms with Crippen LogP contribution in [0.5, 0.6) is 5.75 Å². The molecule has 0 unspecified atom stereocenters. The number of halogens is 1. The minimum absolute atomic E-state index is 0.230. The number of ether oxygens (including phenoxy) is 1. The van der Waals surface area contributed by atoms with Crippen LogP contribution in [0.3, 0.4) is 0 Å². The zero-order valence-corrected chi connectivity index (χ0v) is 17.9. The summed E-state index contributed by atoms with van der Waals surface area (Å²) in [6, 6.07) is 16.7. The van der Waals surface area contributed by atoms with Crippen LogP contribution in [0.25, 0.3) is 11.1 Å². The summed E-state index contributed by atoms with van der Waals surface area (Å²) in [5.74, 6) is 0.131. The van der Waals surface area contributed by atoms with Crippen molar-refractivity contribution in [3.05, 3.63) is 71.2 Å². The molecule has 30 heavy (non-hydrogen) atoms. The number of anilines is 2. The molecule has 0 radical (unpaired) electrons. The van der Waals surface area contributed by atoms with E-state index in [4.69, 9.17) is 16.3 Å². The predicted molar refractivity (Wildman–Crippen MR) is 118 cm³/mol. The molecule has 0 spiro atoms. The van der Waals surface area contributed by atoms with E-state index in [1.807, 2.05) is 0 Å². The van der Waals surface area contributed by atoms with Gasteiger partial charge < -0.3 is 10.1 Å². The molecule has 0 saturated heterocycles. The van der Waals surface area contributed by atoms with E-state index in [-0.39, 0.29) is 17.3 Å². The Labute approximate surface area is 180 Å². The molecular formula is C22H19ClN2O4S. The second-order valence-electron chi connectivity index (χ2n) is 6.70. The van der Waals surface area contributed by atoms with Crippen molar-refractivity contribution in [3.63, 3.8) is 0 Å². The van der Waals surface area contributed by atoms with E-state index >= 15 is 0 Å². The molecule has 0 atom stereocenters. The Morgan fingerprint density at radius 3 is 2.57 bits per heavy atom. The quantitative estimate of drug-likeness (QED) is 0.629. The van der Waals surface area contributed by atoms with Gasteiger partial charge >= 0.3 is 0 Å². The van der Waals surface area contributed by atoms with Crippen LogP contribution in [0.15, 0.2) is 65.6 Å². The molecule has 0 aromatic heterocycles. The predicted octanol–water partition coefficient (Wildman–Crippen LogP) is 4.80. The summed E-state index contributed by atoms with van der Waals surface area (Å²) in [5, 5.41) is 3.28. The largest absolute Gasteiger partial charge is 0.495 e. The maximum Gasteiger partial charge on any atom is 0.264 e. The highest BCUT2D eigenvalue weighted by Gasteiger charge is 2.34. The summed E-state index contributed by atoms with van der Waals surface area (Å²) in [7, 11) is -2.13. The molecular weight excluding hydrogens is 424 g/mol. The lowest BCUT2D eigenvalue weighted by atomic mass is 10.00. The van der Waals surface area contributed by atoms with Crippen LogP contribution in [0.2, 0.25) is 5.02 Å². The summed E-state index contributed by atoms with van der Waals surface area (Å²) in [6.45, 7) is 2.07. The number of hydrogen-bond donors (Lipinski definition) is 1. The minimum Gasteiger partial charge on any atom is -0.495 e. The Morgan fingerprint density at radius 1 is 1.07 bits per heavy atom. The number of benzene rings is 3. The highest BCUT2D eigenvalue weighted by molar-refractivity contribution is 7.93. The van der Waals surface area contributed by atoms with E-state index in [1.165, 1.54) is 11.4 Å². The van der Waals surface area contributed by atoms with E-state index in [1.54, 1.807) is 67.6 Å². The second kappa shape index (κ2) is 7.66. The third kappa shape index (κ3) is 3.30. The lowest BCUT2D eigenvalue weighted by molar-refractivity contribution is 0.102. The Balaban J connectivity index is 1.78. The smallest absolute Gasteiger partial charge is 0.264 e. The first kappa shape index (κ1) is 20.3. The van der Waals surface area contributed by atoms with E-state index in [9.17, 15) is 13.2 Å². The second-order valence-corrected chi connectivity index (χ2v) is 8.96. The number of fused-ring (bicyclic) bond motifs is 3. The van der Waals surface area contributed by atoms with Crippen LogP contribution >= 0.6 is 11.6 Å². The number of methoxy groups -OCH3 is 1. The van der Waals surface area contributed by atoms with Gasteiger partial charge in [-0.2, -0.15) is 0 Å². The van der Waals surface area contributed by atoms with Crippen LogP contribution in [0.4, 0.5) is 11.4 Å². The fourth-order valence-corrected chi connectivity index (χ4v) is 5.46. The lowest BCUT2D eigenvalue weighted by Crippen LogP contribution is -2.34. The Bertz CT molecular complexity index is 1260. The van der Waals surface area contributed by atoms with Gasteiger partial charge in [0.25, 0.3) is 15.9 Å². The van der Waals surface area contributed by atoms with Crippen molar-refractivity contribution < 1.29 is 17.9 Å². The molecule has 154 valence electrons. The van der Waals surface area contributed by atoms with Gasteiger partial charge in [-0.05, 0) is 49.4 Å². The molecule has 4 rings (SSSR count). The van der Waals surface area contributed by atoms with Gasteiger partial charge in [0.15, 0.2) is 0 Å². The number of hydrogen-bond acceptors (Lipinski definition) is 4. The average Bonchev–Trinajstić information content (AvgIpc) is 2.74. The molecule has 8 heteroatoms. The molecule has 0 bridgehead atoms. The van der Waals surface area contributed by atoms with E-state index < -0.39 is 10.0 Å². The van der Waals surface area contributed by atoms with Crippen molar-refractivity contribution in [2.24, 2.45) is 0 Å². The molecule has 1 heterocycles. The van der Waals surface area contributed by atoms with Crippen molar-refractivity contribution in [1.29, 1.82) is 0 Å². The number of carbonyl (C=O) groups is 1. The highest BCUT2D eigenvalue weighted by atomic mass is 35.5. The van der Waals surface area contributed by atoms with Gasteiger partial charge in [0.2, 0.25) is 0 Å². The summed E-state index contributed by atoms with van der Waals surface area (Å²) in [6.07, 6.45) is 0. The Hall–Kier alpha value is -3.03. The van der Waals surface area contributed by atoms with Gasteiger partial charge in [-0.1, -0.05) is 29.8 Å². The van der Waals surface area contributed by atoms with Gasteiger partial charge in [-0.15, -0.1) is 0 Å². The van der Waals surface area contributed by atoms with Crippen molar-refractivity contribution in [1.82, 2.24) is 0 Å². The van der Waals surface area contributed by atoms with Crippen molar-refractivity contribution in [2.45, 2.75) is 11.8 Å². The van der Waals surface area contributed by atoms with E-state index in [0.717, 1.165) is 0 Å². The molecule has 1 aliphatic rings. The molecule has 1 aliphatic heterocycles. The normalized spacial score (nSPS) is 13.9. The topological polar surface area (TPSA) is 75.7 Å². The van der Waals surface area contributed by atoms with Crippen LogP contribution < -0.4 is 14.4 Å². The molecule has 0 aliphatic carbocycles. The SMILES string of the molecule is CCN1c2ccc(C(=O)Nc3cc(Cl)ccc3OC)cc2-c2ccccc2S1(=O)=O. The van der Waals surface area contributed by atoms with Gasteiger partial charge in [-0.3, -0.25) is 9.10 Å². The van der Waals surface area contributed by atoms with Crippen molar-refractivity contribution >= 4 is 38.9 Å². The summed E-state index contributed by atoms with van der Waals surface area (Å²) < 4.78 is 32.6. The fourth-order valence-electron chi connectivity index (χ4n) is 3.59. The summed E-state index contributed by atoms with van der Waals surface area (Å²) in [5.41, 5.74) is 2.65. The van der Waals surface area contributed by atoms with Crippen molar-refractivity contribution in [2.75, 3.05) is 23.3 Å². The van der Waals surface area contributed by atoms with Crippen LogP contribution in [0.1, 0.15) is 17.3 Å². The van der Waals surface area contributed by atoms with Crippen LogP contribution in [-0.2, 0) is 10.0 Å². The molecule has 1 N–H and O–H groups in total. The lowest BCUT2D eigenvalue weighted by Gasteiger charge is -2.31. The van der Waals surface area contributed by atoms with Gasteiger partial charge in [0.1, 0.15) is 5.75 Å². The standard InChI is InChI=1S/C22H19ClN2O4S/c1-3-25-19-10-8-14(22(26)24-18-13-15(23)9-11-20(18)29-2)12-17(19)16-6-4-5-7-21(16)30(25,27)28/h4-13H,3H2,1-2H3,(H,24,26). The number of nitrogens with one attached hydrogen (secondary N) is 1. The molecule has 0 fully saturated rings. The number of sulfonamides is 1. The third-order valence-electron chi connectivity index (χ3n) is 4.97. The van der Waals surface area contributed by atoms with Gasteiger partial charge in [0, 0.05) is 28.3 Å². The summed E-state index contributed by atoms with van der Waals surface area (Å²) in [4.78, 5) is 13.2. The van der Waals surface area contributed by atoms with Crippen LogP contribution in [-0.4, -0.2) is 28.0 Å². The first-order valence-corrected chi connectivity index (χ1v) is 11.1. The van der Waals surface area contributed by atoms with Crippen molar-refractivity contribution in [3.8, 4) is 16.9 Å². The molecule has 3 aromatic rings. The maximum atomic E-state index is 13.0. The van der Waals surface area contributed by atoms with Gasteiger partial charge in [0.05, 0.1) is 23.4 Å². The zero-order valence-electron chi connectivity index (χ0n) is 16.3. The zero-order chi connectivity index (χ0) is 21.5. The Morgan fingerprint density at radius 2 is 1.83 bits per heavy atom. The number of carbonyl (C=O) groups excluding carboxylic acids is 1. The summed E-state index contributed by atoms with van der Waals surface area (Å²) >= 11 is 6.04. The average molecular weight is 443 g/mol. The van der Waals surface area contributed by atoms with Gasteiger partial charge in [-0.25, -0.2) is 8.42 Å². The van der Waals surface area contributed by atoms with Crippen LogP contribution in [0, 0.1) is 0 Å². The first-order chi connectivity index (χ1) is 14.4. The number of amides is 1. The Kier molecular flexibility index (Phi) is 5.17. The number of rotatable bonds is 4. The van der Waals surface area contributed by atoms with E-state index in [0.29, 0.717) is 38.8 Å².